The number of benzene rings is 1. The minimum absolute atomic E-state index is 0. The quantitative estimate of drug-likeness (QED) is 0.373. The number of nitrogens with two attached hydrogens (primary N) is 1. The Balaban J connectivity index is 0.00000304. The number of hydrogen-bond donors (Lipinski definition) is 1. The van der Waals surface area contributed by atoms with Gasteiger partial charge in [-0.05, 0) is 44.0 Å². The highest BCUT2D eigenvalue weighted by atomic mass is 35.5. The number of ether oxygens (including phenoxy) is 1. The van der Waals surface area contributed by atoms with Crippen LogP contribution in [0.25, 0.3) is 28.1 Å². The van der Waals surface area contributed by atoms with Crippen molar-refractivity contribution in [3.8, 4) is 17.3 Å². The molecule has 1 aliphatic rings. The van der Waals surface area contributed by atoms with Crippen molar-refractivity contribution in [1.82, 2.24) is 24.5 Å². The lowest BCUT2D eigenvalue weighted by Gasteiger charge is -2.30. The third kappa shape index (κ3) is 4.95. The summed E-state index contributed by atoms with van der Waals surface area (Å²) in [6.45, 7) is 4.06. The van der Waals surface area contributed by atoms with Gasteiger partial charge in [0, 0.05) is 36.8 Å². The molecule has 12 heteroatoms. The summed E-state index contributed by atoms with van der Waals surface area (Å²) in [5.74, 6) is 0.0802. The Bertz CT molecular complexity index is 1390. The van der Waals surface area contributed by atoms with Crippen LogP contribution in [0, 0.1) is 5.82 Å². The molecule has 1 aromatic carbocycles. The maximum Gasteiger partial charge on any atom is 0.408 e. The lowest BCUT2D eigenvalue weighted by molar-refractivity contribution is -0.183. The van der Waals surface area contributed by atoms with Gasteiger partial charge >= 0.3 is 6.18 Å². The number of hydrogen-bond acceptors (Lipinski definition) is 6. The van der Waals surface area contributed by atoms with E-state index in [4.69, 9.17) is 10.5 Å². The molecule has 0 spiro atoms. The first-order valence-electron chi connectivity index (χ1n) is 11.3. The second-order valence-electron chi connectivity index (χ2n) is 9.04. The minimum atomic E-state index is -4.49. The van der Waals surface area contributed by atoms with Crippen molar-refractivity contribution in [2.75, 3.05) is 13.1 Å². The number of aromatic nitrogens is 4. The molecule has 1 aliphatic heterocycles. The zero-order valence-electron chi connectivity index (χ0n) is 19.5. The molecule has 0 radical (unpaired) electrons. The van der Waals surface area contributed by atoms with Crippen LogP contribution in [-0.2, 0) is 0 Å². The van der Waals surface area contributed by atoms with Crippen molar-refractivity contribution in [1.29, 1.82) is 0 Å². The number of pyridine rings is 2. The molecule has 0 aliphatic carbocycles. The average Bonchev–Trinajstić information content (AvgIpc) is 3.38. The number of rotatable bonds is 5. The molecule has 7 nitrogen and oxygen atoms in total. The van der Waals surface area contributed by atoms with E-state index in [1.54, 1.807) is 12.1 Å². The molecule has 4 heterocycles. The van der Waals surface area contributed by atoms with E-state index in [-0.39, 0.29) is 54.8 Å². The summed E-state index contributed by atoms with van der Waals surface area (Å²) in [6, 6.07) is 6.73. The zero-order valence-corrected chi connectivity index (χ0v) is 20.4. The standard InChI is InChI=1S/C24H24F4N6O.ClH/c1-13(2)35-19-10-16(25)9-14-3-5-18(30-21(14)19)23-32-31-20-6-4-15(11-34(20)23)22(24(26,27)28)33-8-7-17(29)12-33;/h3-6,9-11,13,17,22H,7-8,12,29H2,1-2H3;1H/t17?,22-;/m0./s1. The van der Waals surface area contributed by atoms with Gasteiger partial charge in [-0.25, -0.2) is 9.37 Å². The fraction of sp³-hybridized carbons (Fsp3) is 0.375. The summed E-state index contributed by atoms with van der Waals surface area (Å²) in [7, 11) is 0. The van der Waals surface area contributed by atoms with Crippen LogP contribution < -0.4 is 10.5 Å². The van der Waals surface area contributed by atoms with Crippen molar-refractivity contribution in [3.63, 3.8) is 0 Å². The molecule has 5 rings (SSSR count). The molecule has 4 aromatic rings. The van der Waals surface area contributed by atoms with E-state index in [0.717, 1.165) is 0 Å². The number of alkyl halides is 3. The Hall–Kier alpha value is -3.02. The highest BCUT2D eigenvalue weighted by Crippen LogP contribution is 2.39. The molecule has 1 unspecified atom stereocenters. The molecule has 0 amide bonds. The summed E-state index contributed by atoms with van der Waals surface area (Å²) in [6.07, 6.45) is -2.79. The lowest BCUT2D eigenvalue weighted by Crippen LogP contribution is -2.38. The lowest BCUT2D eigenvalue weighted by atomic mass is 10.1. The van der Waals surface area contributed by atoms with Crippen molar-refractivity contribution in [2.45, 2.75) is 44.6 Å². The minimum Gasteiger partial charge on any atom is -0.489 e. The Morgan fingerprint density at radius 1 is 1.11 bits per heavy atom. The molecule has 1 fully saturated rings. The molecule has 36 heavy (non-hydrogen) atoms. The molecule has 3 aromatic heterocycles. The van der Waals surface area contributed by atoms with Crippen LogP contribution in [0.5, 0.6) is 5.75 Å². The fourth-order valence-corrected chi connectivity index (χ4v) is 4.54. The third-order valence-corrected chi connectivity index (χ3v) is 5.99. The average molecular weight is 525 g/mol. The van der Waals surface area contributed by atoms with Crippen LogP contribution >= 0.6 is 12.4 Å². The van der Waals surface area contributed by atoms with Gasteiger partial charge in [0.15, 0.2) is 11.5 Å². The van der Waals surface area contributed by atoms with Crippen LogP contribution in [0.15, 0.2) is 42.6 Å². The largest absolute Gasteiger partial charge is 0.489 e. The van der Waals surface area contributed by atoms with Gasteiger partial charge in [0.1, 0.15) is 28.8 Å². The first-order valence-corrected chi connectivity index (χ1v) is 11.3. The molecule has 2 atom stereocenters. The highest BCUT2D eigenvalue weighted by Gasteiger charge is 2.46. The van der Waals surface area contributed by atoms with Crippen molar-refractivity contribution < 1.29 is 22.3 Å². The first kappa shape index (κ1) is 26.1. The van der Waals surface area contributed by atoms with Gasteiger partial charge in [0.25, 0.3) is 0 Å². The molecule has 0 saturated carbocycles. The summed E-state index contributed by atoms with van der Waals surface area (Å²) in [5, 5.41) is 8.80. The van der Waals surface area contributed by atoms with Gasteiger partial charge in [-0.2, -0.15) is 13.2 Å². The summed E-state index contributed by atoms with van der Waals surface area (Å²) < 4.78 is 63.6. The van der Waals surface area contributed by atoms with Crippen LogP contribution in [0.4, 0.5) is 17.6 Å². The van der Waals surface area contributed by atoms with E-state index in [9.17, 15) is 17.6 Å². The van der Waals surface area contributed by atoms with Gasteiger partial charge < -0.3 is 10.5 Å². The maximum absolute atomic E-state index is 14.1. The summed E-state index contributed by atoms with van der Waals surface area (Å²) in [4.78, 5) is 5.96. The third-order valence-electron chi connectivity index (χ3n) is 5.99. The van der Waals surface area contributed by atoms with Crippen LogP contribution in [0.2, 0.25) is 0 Å². The Kier molecular flexibility index (Phi) is 7.09. The number of likely N-dealkylation sites (tertiary alicyclic amines) is 1. The first-order chi connectivity index (χ1) is 16.6. The molecular formula is C24H25ClF4N6O. The van der Waals surface area contributed by atoms with Crippen LogP contribution in [0.3, 0.4) is 0 Å². The van der Waals surface area contributed by atoms with E-state index < -0.39 is 18.0 Å². The summed E-state index contributed by atoms with van der Waals surface area (Å²) in [5.41, 5.74) is 7.11. The van der Waals surface area contributed by atoms with Gasteiger partial charge in [-0.15, -0.1) is 22.6 Å². The maximum atomic E-state index is 14.1. The number of fused-ring (bicyclic) bond motifs is 2. The van der Waals surface area contributed by atoms with Crippen molar-refractivity contribution >= 4 is 29.0 Å². The fourth-order valence-electron chi connectivity index (χ4n) is 4.54. The second-order valence-corrected chi connectivity index (χ2v) is 9.04. The van der Waals surface area contributed by atoms with Crippen LogP contribution in [-0.4, -0.2) is 55.9 Å². The van der Waals surface area contributed by atoms with E-state index in [2.05, 4.69) is 15.2 Å². The van der Waals surface area contributed by atoms with E-state index in [1.807, 2.05) is 13.8 Å². The van der Waals surface area contributed by atoms with Gasteiger partial charge in [0.2, 0.25) is 0 Å². The molecule has 1 saturated heterocycles. The van der Waals surface area contributed by atoms with Crippen LogP contribution in [0.1, 0.15) is 31.9 Å². The van der Waals surface area contributed by atoms with Crippen molar-refractivity contribution in [2.24, 2.45) is 5.73 Å². The Labute approximate surface area is 210 Å². The predicted molar refractivity (Wildman–Crippen MR) is 130 cm³/mol. The normalized spacial score (nSPS) is 17.6. The molecular weight excluding hydrogens is 500 g/mol. The van der Waals surface area contributed by atoms with Gasteiger partial charge in [-0.1, -0.05) is 12.1 Å². The van der Waals surface area contributed by atoms with E-state index >= 15 is 0 Å². The summed E-state index contributed by atoms with van der Waals surface area (Å²) >= 11 is 0. The van der Waals surface area contributed by atoms with E-state index in [0.29, 0.717) is 28.7 Å². The molecule has 0 bridgehead atoms. The van der Waals surface area contributed by atoms with E-state index in [1.165, 1.54) is 39.8 Å². The Morgan fingerprint density at radius 2 is 1.89 bits per heavy atom. The topological polar surface area (TPSA) is 81.6 Å². The highest BCUT2D eigenvalue weighted by molar-refractivity contribution is 5.86. The second kappa shape index (κ2) is 9.79. The predicted octanol–water partition coefficient (Wildman–Crippen LogP) is 4.93. The van der Waals surface area contributed by atoms with Gasteiger partial charge in [-0.3, -0.25) is 9.30 Å². The smallest absolute Gasteiger partial charge is 0.408 e. The number of nitrogens with zero attached hydrogens (tertiary/aromatic N) is 5. The van der Waals surface area contributed by atoms with Crippen molar-refractivity contribution in [3.05, 3.63) is 54.0 Å². The molecule has 2 N–H and O–H groups in total. The Morgan fingerprint density at radius 3 is 2.56 bits per heavy atom. The zero-order chi connectivity index (χ0) is 24.9. The SMILES string of the molecule is CC(C)Oc1cc(F)cc2ccc(-c3nnc4ccc([C@H](N5CCC(N)C5)C(F)(F)F)cn34)nc12.Cl. The number of halogens is 5. The molecule has 192 valence electrons. The van der Waals surface area contributed by atoms with Gasteiger partial charge in [0.05, 0.1) is 6.10 Å². The monoisotopic (exact) mass is 524 g/mol.